The monoisotopic (exact) mass is 355 g/mol. The van der Waals surface area contributed by atoms with E-state index in [0.29, 0.717) is 18.1 Å². The van der Waals surface area contributed by atoms with Crippen LogP contribution in [0.25, 0.3) is 0 Å². The third-order valence-electron chi connectivity index (χ3n) is 4.15. The second-order valence-corrected chi connectivity index (χ2v) is 6.72. The Hall–Kier alpha value is -0.580. The molecule has 1 aromatic carbocycles. The van der Waals surface area contributed by atoms with Crippen molar-refractivity contribution in [3.63, 3.8) is 0 Å². The highest BCUT2D eigenvalue weighted by molar-refractivity contribution is 9.10. The minimum atomic E-state index is 0.384. The predicted octanol–water partition coefficient (Wildman–Crippen LogP) is 3.79. The van der Waals surface area contributed by atoms with Gasteiger partial charge in [0.1, 0.15) is 5.75 Å². The van der Waals surface area contributed by atoms with Gasteiger partial charge in [-0.2, -0.15) is 0 Å². The largest absolute Gasteiger partial charge is 0.497 e. The molecule has 1 aliphatic rings. The van der Waals surface area contributed by atoms with Gasteiger partial charge in [0, 0.05) is 16.4 Å². The first-order valence-corrected chi connectivity index (χ1v) is 8.60. The SMILES string of the molecule is CCCNC(Cc1cc(OC)ccc1Br)C1COC(C)C1. The molecule has 1 aliphatic heterocycles. The lowest BCUT2D eigenvalue weighted by Crippen LogP contribution is -2.39. The summed E-state index contributed by atoms with van der Waals surface area (Å²) in [6.07, 6.45) is 3.68. The summed E-state index contributed by atoms with van der Waals surface area (Å²) in [5.41, 5.74) is 1.29. The Balaban J connectivity index is 2.10. The molecular formula is C17H26BrNO2. The van der Waals surface area contributed by atoms with Gasteiger partial charge in [-0.15, -0.1) is 0 Å². The van der Waals surface area contributed by atoms with E-state index in [0.717, 1.165) is 42.6 Å². The van der Waals surface area contributed by atoms with Gasteiger partial charge in [-0.3, -0.25) is 0 Å². The highest BCUT2D eigenvalue weighted by Gasteiger charge is 2.29. The van der Waals surface area contributed by atoms with Crippen LogP contribution in [0.1, 0.15) is 32.3 Å². The molecule has 0 saturated carbocycles. The standard InChI is InChI=1S/C17H26BrNO2/c1-4-7-19-17(14-8-12(2)21-11-14)10-13-9-15(20-3)5-6-16(13)18/h5-6,9,12,14,17,19H,4,7-8,10-11H2,1-3H3. The molecule has 3 atom stereocenters. The minimum absolute atomic E-state index is 0.384. The van der Waals surface area contributed by atoms with Gasteiger partial charge in [-0.25, -0.2) is 0 Å². The van der Waals surface area contributed by atoms with Gasteiger partial charge in [0.25, 0.3) is 0 Å². The van der Waals surface area contributed by atoms with E-state index in [1.54, 1.807) is 7.11 Å². The highest BCUT2D eigenvalue weighted by Crippen LogP contribution is 2.28. The Bertz CT molecular complexity index is 452. The second-order valence-electron chi connectivity index (χ2n) is 5.86. The molecule has 1 N–H and O–H groups in total. The van der Waals surface area contributed by atoms with Crippen molar-refractivity contribution in [1.29, 1.82) is 0 Å². The van der Waals surface area contributed by atoms with Crippen molar-refractivity contribution in [1.82, 2.24) is 5.32 Å². The van der Waals surface area contributed by atoms with E-state index < -0.39 is 0 Å². The number of benzene rings is 1. The van der Waals surface area contributed by atoms with E-state index in [2.05, 4.69) is 47.2 Å². The topological polar surface area (TPSA) is 30.5 Å². The molecule has 4 heteroatoms. The summed E-state index contributed by atoms with van der Waals surface area (Å²) in [6, 6.07) is 6.64. The van der Waals surface area contributed by atoms with Crippen LogP contribution in [0.15, 0.2) is 22.7 Å². The fourth-order valence-electron chi connectivity index (χ4n) is 2.94. The van der Waals surface area contributed by atoms with Crippen LogP contribution in [0.4, 0.5) is 0 Å². The van der Waals surface area contributed by atoms with Crippen molar-refractivity contribution in [2.24, 2.45) is 5.92 Å². The molecule has 0 aromatic heterocycles. The Kier molecular flexibility index (Phi) is 6.52. The normalized spacial score (nSPS) is 23.2. The number of rotatable bonds is 7. The van der Waals surface area contributed by atoms with E-state index in [4.69, 9.17) is 9.47 Å². The number of nitrogens with one attached hydrogen (secondary N) is 1. The lowest BCUT2D eigenvalue weighted by atomic mass is 9.91. The predicted molar refractivity (Wildman–Crippen MR) is 90.0 cm³/mol. The summed E-state index contributed by atoms with van der Waals surface area (Å²) >= 11 is 3.66. The molecule has 21 heavy (non-hydrogen) atoms. The van der Waals surface area contributed by atoms with Gasteiger partial charge in [-0.05, 0) is 56.5 Å². The molecule has 1 heterocycles. The van der Waals surface area contributed by atoms with E-state index >= 15 is 0 Å². The number of hydrogen-bond acceptors (Lipinski definition) is 3. The van der Waals surface area contributed by atoms with Crippen LogP contribution in [0.2, 0.25) is 0 Å². The molecule has 0 aliphatic carbocycles. The number of ether oxygens (including phenoxy) is 2. The fraction of sp³-hybridized carbons (Fsp3) is 0.647. The summed E-state index contributed by atoms with van der Waals surface area (Å²) in [5.74, 6) is 1.50. The average Bonchev–Trinajstić information content (AvgIpc) is 2.91. The molecule has 0 spiro atoms. The van der Waals surface area contributed by atoms with Gasteiger partial charge in [0.05, 0.1) is 19.8 Å². The maximum absolute atomic E-state index is 5.76. The first kappa shape index (κ1) is 16.8. The Morgan fingerprint density at radius 2 is 2.29 bits per heavy atom. The molecule has 1 aromatic rings. The third kappa shape index (κ3) is 4.70. The van der Waals surface area contributed by atoms with Gasteiger partial charge in [0.2, 0.25) is 0 Å². The minimum Gasteiger partial charge on any atom is -0.497 e. The van der Waals surface area contributed by atoms with Gasteiger partial charge < -0.3 is 14.8 Å². The van der Waals surface area contributed by atoms with Crippen LogP contribution in [0.5, 0.6) is 5.75 Å². The van der Waals surface area contributed by atoms with Crippen LogP contribution in [0.3, 0.4) is 0 Å². The Morgan fingerprint density at radius 1 is 1.48 bits per heavy atom. The van der Waals surface area contributed by atoms with E-state index in [1.807, 2.05) is 6.07 Å². The smallest absolute Gasteiger partial charge is 0.119 e. The van der Waals surface area contributed by atoms with Crippen molar-refractivity contribution in [3.05, 3.63) is 28.2 Å². The summed E-state index contributed by atoms with van der Waals surface area (Å²) in [7, 11) is 1.71. The molecular weight excluding hydrogens is 330 g/mol. The van der Waals surface area contributed by atoms with Crippen LogP contribution < -0.4 is 10.1 Å². The molecule has 1 fully saturated rings. The van der Waals surface area contributed by atoms with Gasteiger partial charge in [0.15, 0.2) is 0 Å². The highest BCUT2D eigenvalue weighted by atomic mass is 79.9. The van der Waals surface area contributed by atoms with Crippen molar-refractivity contribution in [3.8, 4) is 5.75 Å². The summed E-state index contributed by atoms with van der Waals surface area (Å²) in [5, 5.41) is 3.70. The lowest BCUT2D eigenvalue weighted by molar-refractivity contribution is 0.117. The third-order valence-corrected chi connectivity index (χ3v) is 4.92. The van der Waals surface area contributed by atoms with Crippen molar-refractivity contribution < 1.29 is 9.47 Å². The van der Waals surface area contributed by atoms with Crippen molar-refractivity contribution in [2.75, 3.05) is 20.3 Å². The molecule has 0 radical (unpaired) electrons. The van der Waals surface area contributed by atoms with Gasteiger partial charge >= 0.3 is 0 Å². The zero-order valence-corrected chi connectivity index (χ0v) is 14.8. The van der Waals surface area contributed by atoms with Gasteiger partial charge in [-0.1, -0.05) is 22.9 Å². The molecule has 0 bridgehead atoms. The fourth-order valence-corrected chi connectivity index (χ4v) is 3.35. The Morgan fingerprint density at radius 3 is 2.90 bits per heavy atom. The average molecular weight is 356 g/mol. The molecule has 0 amide bonds. The van der Waals surface area contributed by atoms with Crippen molar-refractivity contribution >= 4 is 15.9 Å². The summed E-state index contributed by atoms with van der Waals surface area (Å²) < 4.78 is 12.3. The van der Waals surface area contributed by atoms with Crippen LogP contribution >= 0.6 is 15.9 Å². The molecule has 118 valence electrons. The van der Waals surface area contributed by atoms with Crippen LogP contribution in [-0.2, 0) is 11.2 Å². The zero-order valence-electron chi connectivity index (χ0n) is 13.2. The Labute approximate surface area is 136 Å². The first-order valence-electron chi connectivity index (χ1n) is 7.81. The molecule has 2 rings (SSSR count). The molecule has 1 saturated heterocycles. The van der Waals surface area contributed by atoms with E-state index in [-0.39, 0.29) is 0 Å². The van der Waals surface area contributed by atoms with Crippen LogP contribution in [0, 0.1) is 5.92 Å². The van der Waals surface area contributed by atoms with Crippen molar-refractivity contribution in [2.45, 2.75) is 45.3 Å². The lowest BCUT2D eigenvalue weighted by Gasteiger charge is -2.24. The zero-order chi connectivity index (χ0) is 15.2. The molecule has 3 unspecified atom stereocenters. The molecule has 3 nitrogen and oxygen atoms in total. The number of methoxy groups -OCH3 is 1. The first-order chi connectivity index (χ1) is 10.1. The maximum atomic E-state index is 5.76. The van der Waals surface area contributed by atoms with Crippen LogP contribution in [-0.4, -0.2) is 32.4 Å². The summed E-state index contributed by atoms with van der Waals surface area (Å²) in [4.78, 5) is 0. The van der Waals surface area contributed by atoms with E-state index in [9.17, 15) is 0 Å². The summed E-state index contributed by atoms with van der Waals surface area (Å²) in [6.45, 7) is 6.29. The number of hydrogen-bond donors (Lipinski definition) is 1. The van der Waals surface area contributed by atoms with E-state index in [1.165, 1.54) is 5.56 Å². The maximum Gasteiger partial charge on any atom is 0.119 e. The quantitative estimate of drug-likeness (QED) is 0.806. The number of halogens is 1. The second kappa shape index (κ2) is 8.16.